The van der Waals surface area contributed by atoms with E-state index in [1.54, 1.807) is 6.08 Å². The molecule has 0 fully saturated rings. The Morgan fingerprint density at radius 1 is 0.783 bits per heavy atom. The van der Waals surface area contributed by atoms with Gasteiger partial charge < -0.3 is 23.9 Å². The first-order chi connectivity index (χ1) is 29.1. The first-order valence-corrected chi connectivity index (χ1v) is 20.9. The van der Waals surface area contributed by atoms with E-state index < -0.39 is 17.6 Å². The minimum atomic E-state index is -0.590. The summed E-state index contributed by atoms with van der Waals surface area (Å²) in [5, 5.41) is 2.48. The summed E-state index contributed by atoms with van der Waals surface area (Å²) in [7, 11) is 0. The van der Waals surface area contributed by atoms with Gasteiger partial charge in [-0.05, 0) is 84.7 Å². The number of hydrazine groups is 1. The highest BCUT2D eigenvalue weighted by atomic mass is 16.6. The van der Waals surface area contributed by atoms with E-state index in [4.69, 9.17) is 18.9 Å². The predicted molar refractivity (Wildman–Crippen MR) is 235 cm³/mol. The van der Waals surface area contributed by atoms with Gasteiger partial charge in [0.15, 0.2) is 0 Å². The second-order valence-corrected chi connectivity index (χ2v) is 16.0. The summed E-state index contributed by atoms with van der Waals surface area (Å²) in [6.07, 6.45) is 6.39. The van der Waals surface area contributed by atoms with Crippen LogP contribution in [0.25, 0.3) is 28.1 Å². The number of hydrogen-bond acceptors (Lipinski definition) is 8. The van der Waals surface area contributed by atoms with Crippen molar-refractivity contribution in [2.24, 2.45) is 0 Å². The molecule has 0 saturated heterocycles. The summed E-state index contributed by atoms with van der Waals surface area (Å²) in [6.45, 7) is 11.9. The van der Waals surface area contributed by atoms with Crippen molar-refractivity contribution in [1.29, 1.82) is 0 Å². The molecule has 4 aromatic carbocycles. The van der Waals surface area contributed by atoms with Crippen LogP contribution in [0.2, 0.25) is 0 Å². The molecule has 11 heteroatoms. The Kier molecular flexibility index (Phi) is 15.7. The molecular formula is C49H58N4O7. The average Bonchev–Trinajstić information content (AvgIpc) is 3.80. The zero-order valence-corrected chi connectivity index (χ0v) is 35.3. The number of nitrogens with one attached hydrogen (secondary N) is 2. The number of carbonyl (C=O) groups is 3. The Morgan fingerprint density at radius 3 is 2.15 bits per heavy atom. The fraction of sp³-hybridized carbons (Fsp3) is 0.367. The maximum Gasteiger partial charge on any atom is 0.428 e. The van der Waals surface area contributed by atoms with Crippen LogP contribution in [0.15, 0.2) is 109 Å². The molecule has 1 heterocycles. The zero-order valence-electron chi connectivity index (χ0n) is 35.3. The van der Waals surface area contributed by atoms with Gasteiger partial charge in [-0.1, -0.05) is 97.9 Å². The second kappa shape index (κ2) is 21.5. The third-order valence-electron chi connectivity index (χ3n) is 10.2. The molecule has 5 aromatic rings. The maximum atomic E-state index is 13.2. The molecule has 1 aliphatic rings. The molecule has 0 unspecified atom stereocenters. The third-order valence-corrected chi connectivity index (χ3v) is 10.2. The van der Waals surface area contributed by atoms with Crippen molar-refractivity contribution in [2.45, 2.75) is 65.0 Å². The number of fused-ring (bicyclic) bond motifs is 4. The van der Waals surface area contributed by atoms with E-state index in [9.17, 15) is 14.4 Å². The normalized spacial score (nSPS) is 12.5. The Bertz CT molecular complexity index is 2160. The number of nitrogens with zero attached hydrogens (tertiary/aromatic N) is 2. The average molecular weight is 815 g/mol. The largest absolute Gasteiger partial charge is 0.460 e. The third kappa shape index (κ3) is 12.6. The Balaban J connectivity index is 0.983. The van der Waals surface area contributed by atoms with Crippen molar-refractivity contribution in [2.75, 3.05) is 52.7 Å². The van der Waals surface area contributed by atoms with E-state index in [0.29, 0.717) is 45.9 Å². The quantitative estimate of drug-likeness (QED) is 0.0347. The number of hydrogen-bond donors (Lipinski definition) is 2. The number of aromatic nitrogens is 1. The molecule has 0 saturated carbocycles. The fourth-order valence-corrected chi connectivity index (χ4v) is 7.37. The summed E-state index contributed by atoms with van der Waals surface area (Å²) in [5.41, 5.74) is 11.2. The van der Waals surface area contributed by atoms with Crippen LogP contribution in [0, 0.1) is 0 Å². The van der Waals surface area contributed by atoms with Gasteiger partial charge in [-0.25, -0.2) is 9.80 Å². The van der Waals surface area contributed by atoms with Crippen molar-refractivity contribution in [3.8, 4) is 11.1 Å². The van der Waals surface area contributed by atoms with Crippen molar-refractivity contribution in [1.82, 2.24) is 20.3 Å². The van der Waals surface area contributed by atoms with Gasteiger partial charge in [-0.15, -0.1) is 0 Å². The SMILES string of the molecule is CCCN(NC(=O)/C=C/c1ccc(CN(CCOCCOCCC(=O)OC(C)(C)C)CCc2c[nH]c3ccccc23)cc1)C(=O)OCC1c2ccccc2-c2ccccc21. The van der Waals surface area contributed by atoms with E-state index in [-0.39, 0.29) is 24.9 Å². The Labute approximate surface area is 353 Å². The van der Waals surface area contributed by atoms with Gasteiger partial charge in [0.2, 0.25) is 0 Å². The molecule has 11 nitrogen and oxygen atoms in total. The number of rotatable bonds is 20. The molecule has 316 valence electrons. The van der Waals surface area contributed by atoms with Crippen molar-refractivity contribution >= 4 is 34.9 Å². The van der Waals surface area contributed by atoms with Crippen LogP contribution in [0.5, 0.6) is 0 Å². The van der Waals surface area contributed by atoms with Gasteiger partial charge in [0.1, 0.15) is 12.2 Å². The summed E-state index contributed by atoms with van der Waals surface area (Å²) in [5.74, 6) is -0.762. The van der Waals surface area contributed by atoms with Crippen LogP contribution in [-0.4, -0.2) is 91.1 Å². The predicted octanol–water partition coefficient (Wildman–Crippen LogP) is 8.68. The number of aromatic amines is 1. The number of amides is 2. The van der Waals surface area contributed by atoms with Gasteiger partial charge >= 0.3 is 12.1 Å². The molecule has 0 bridgehead atoms. The van der Waals surface area contributed by atoms with E-state index in [2.05, 4.69) is 76.1 Å². The highest BCUT2D eigenvalue weighted by molar-refractivity contribution is 5.92. The lowest BCUT2D eigenvalue weighted by Crippen LogP contribution is -2.46. The number of esters is 1. The number of carbonyl (C=O) groups excluding carboxylic acids is 3. The lowest BCUT2D eigenvalue weighted by molar-refractivity contribution is -0.156. The molecule has 1 aliphatic carbocycles. The van der Waals surface area contributed by atoms with Crippen LogP contribution >= 0.6 is 0 Å². The van der Waals surface area contributed by atoms with Crippen LogP contribution in [-0.2, 0) is 41.5 Å². The molecule has 2 amide bonds. The summed E-state index contributed by atoms with van der Waals surface area (Å²) in [6, 6.07) is 32.8. The molecule has 0 aliphatic heterocycles. The smallest absolute Gasteiger partial charge is 0.428 e. The molecule has 2 N–H and O–H groups in total. The van der Waals surface area contributed by atoms with Gasteiger partial charge in [-0.2, -0.15) is 0 Å². The van der Waals surface area contributed by atoms with E-state index in [1.165, 1.54) is 22.0 Å². The maximum absolute atomic E-state index is 13.2. The zero-order chi connectivity index (χ0) is 42.3. The van der Waals surface area contributed by atoms with Crippen LogP contribution < -0.4 is 5.43 Å². The minimum absolute atomic E-state index is 0.0713. The lowest BCUT2D eigenvalue weighted by Gasteiger charge is -2.23. The lowest BCUT2D eigenvalue weighted by atomic mass is 9.98. The second-order valence-electron chi connectivity index (χ2n) is 16.0. The number of benzene rings is 4. The molecular weight excluding hydrogens is 757 g/mol. The summed E-state index contributed by atoms with van der Waals surface area (Å²) >= 11 is 0. The van der Waals surface area contributed by atoms with Crippen LogP contribution in [0.4, 0.5) is 4.79 Å². The summed E-state index contributed by atoms with van der Waals surface area (Å²) in [4.78, 5) is 43.9. The van der Waals surface area contributed by atoms with Crippen molar-refractivity contribution in [3.63, 3.8) is 0 Å². The monoisotopic (exact) mass is 814 g/mol. The fourth-order valence-electron chi connectivity index (χ4n) is 7.37. The molecule has 6 rings (SSSR count). The van der Waals surface area contributed by atoms with Crippen LogP contribution in [0.3, 0.4) is 0 Å². The molecule has 0 atom stereocenters. The van der Waals surface area contributed by atoms with Crippen molar-refractivity contribution in [3.05, 3.63) is 137 Å². The number of ether oxygens (including phenoxy) is 4. The first kappa shape index (κ1) is 43.8. The Morgan fingerprint density at radius 2 is 1.45 bits per heavy atom. The van der Waals surface area contributed by atoms with Gasteiger partial charge in [0, 0.05) is 55.3 Å². The van der Waals surface area contributed by atoms with Crippen molar-refractivity contribution < 1.29 is 33.3 Å². The van der Waals surface area contributed by atoms with Crippen LogP contribution in [0.1, 0.15) is 74.3 Å². The van der Waals surface area contributed by atoms with Gasteiger partial charge in [0.05, 0.1) is 32.8 Å². The van der Waals surface area contributed by atoms with E-state index in [1.807, 2.05) is 70.2 Å². The first-order valence-electron chi connectivity index (χ1n) is 20.9. The van der Waals surface area contributed by atoms with E-state index >= 15 is 0 Å². The summed E-state index contributed by atoms with van der Waals surface area (Å²) < 4.78 is 22.6. The Hall–Kier alpha value is -5.75. The standard InChI is InChI=1S/C49H58N4O7/c1-5-26-53(48(56)59-35-44-42-15-8-6-13-40(42)41-14-7-9-16-43(41)44)51-46(54)23-22-36-18-20-37(21-19-36)34-52(27-24-38-33-50-45-17-11-10-12-39(38)45)28-30-58-32-31-57-29-25-47(55)60-49(2,3)4/h6-23,33,44,50H,5,24-32,34-35H2,1-4H3,(H,51,54)/b23-22+. The number of H-pyrrole nitrogens is 1. The minimum Gasteiger partial charge on any atom is -0.460 e. The highest BCUT2D eigenvalue weighted by Gasteiger charge is 2.30. The highest BCUT2D eigenvalue weighted by Crippen LogP contribution is 2.44. The van der Waals surface area contributed by atoms with E-state index in [0.717, 1.165) is 58.4 Å². The number of para-hydroxylation sites is 1. The molecule has 60 heavy (non-hydrogen) atoms. The molecule has 1 aromatic heterocycles. The van der Waals surface area contributed by atoms with Gasteiger partial charge in [0.25, 0.3) is 5.91 Å². The molecule has 0 radical (unpaired) electrons. The topological polar surface area (TPSA) is 122 Å². The van der Waals surface area contributed by atoms with Gasteiger partial charge in [-0.3, -0.25) is 19.9 Å². The molecule has 0 spiro atoms.